The molecule has 1 aromatic carbocycles. The maximum absolute atomic E-state index is 13.3. The molecule has 1 N–H and O–H groups in total. The Morgan fingerprint density at radius 3 is 2.00 bits per heavy atom. The zero-order valence-corrected chi connectivity index (χ0v) is 10.3. The number of hydrogen-bond donors (Lipinski definition) is 1. The van der Waals surface area contributed by atoms with E-state index in [2.05, 4.69) is 5.32 Å². The van der Waals surface area contributed by atoms with Gasteiger partial charge in [0.15, 0.2) is 17.9 Å². The fourth-order valence-electron chi connectivity index (χ4n) is 1.43. The molecule has 0 fully saturated rings. The first-order valence-electron chi connectivity index (χ1n) is 5.70. The lowest BCUT2D eigenvalue weighted by molar-refractivity contribution is -0.126. The molecule has 0 spiro atoms. The molecular weight excluding hydrogens is 247 g/mol. The SMILES string of the molecule is CCOC(CNc1c(F)cc(F)cc1F)OCC. The third-order valence-corrected chi connectivity index (χ3v) is 2.16. The summed E-state index contributed by atoms with van der Waals surface area (Å²) in [6, 6.07) is 1.23. The second-order valence-corrected chi connectivity index (χ2v) is 3.47. The van der Waals surface area contributed by atoms with Crippen molar-refractivity contribution >= 4 is 5.69 Å². The van der Waals surface area contributed by atoms with Crippen LogP contribution in [-0.4, -0.2) is 26.0 Å². The Balaban J connectivity index is 2.66. The lowest BCUT2D eigenvalue weighted by Gasteiger charge is -2.18. The number of hydrogen-bond acceptors (Lipinski definition) is 3. The van der Waals surface area contributed by atoms with E-state index in [0.717, 1.165) is 0 Å². The number of ether oxygens (including phenoxy) is 2. The van der Waals surface area contributed by atoms with Gasteiger partial charge in [0.25, 0.3) is 0 Å². The van der Waals surface area contributed by atoms with Crippen LogP contribution in [0.15, 0.2) is 12.1 Å². The average Bonchev–Trinajstić information content (AvgIpc) is 2.28. The van der Waals surface area contributed by atoms with Gasteiger partial charge in [-0.1, -0.05) is 0 Å². The van der Waals surface area contributed by atoms with Crippen molar-refractivity contribution in [2.45, 2.75) is 20.1 Å². The lowest BCUT2D eigenvalue weighted by Crippen LogP contribution is -2.27. The van der Waals surface area contributed by atoms with Gasteiger partial charge in [0.05, 0.1) is 6.54 Å². The summed E-state index contributed by atoms with van der Waals surface area (Å²) in [6.07, 6.45) is -0.608. The molecule has 6 heteroatoms. The van der Waals surface area contributed by atoms with Gasteiger partial charge in [-0.2, -0.15) is 0 Å². The van der Waals surface area contributed by atoms with Gasteiger partial charge in [-0.15, -0.1) is 0 Å². The molecule has 0 radical (unpaired) electrons. The summed E-state index contributed by atoms with van der Waals surface area (Å²) < 4.78 is 49.7. The van der Waals surface area contributed by atoms with Crippen molar-refractivity contribution < 1.29 is 22.6 Å². The van der Waals surface area contributed by atoms with Crippen LogP contribution in [0.5, 0.6) is 0 Å². The second kappa shape index (κ2) is 7.23. The van der Waals surface area contributed by atoms with Crippen LogP contribution in [0.3, 0.4) is 0 Å². The van der Waals surface area contributed by atoms with Crippen molar-refractivity contribution in [3.8, 4) is 0 Å². The average molecular weight is 263 g/mol. The molecule has 3 nitrogen and oxygen atoms in total. The molecule has 0 saturated heterocycles. The van der Waals surface area contributed by atoms with Crippen molar-refractivity contribution in [3.63, 3.8) is 0 Å². The Kier molecular flexibility index (Phi) is 5.94. The zero-order valence-electron chi connectivity index (χ0n) is 10.3. The van der Waals surface area contributed by atoms with Crippen LogP contribution < -0.4 is 5.32 Å². The van der Waals surface area contributed by atoms with E-state index in [9.17, 15) is 13.2 Å². The summed E-state index contributed by atoms with van der Waals surface area (Å²) >= 11 is 0. The molecule has 1 rings (SSSR count). The fourth-order valence-corrected chi connectivity index (χ4v) is 1.43. The van der Waals surface area contributed by atoms with E-state index in [1.54, 1.807) is 13.8 Å². The quantitative estimate of drug-likeness (QED) is 0.767. The van der Waals surface area contributed by atoms with E-state index in [1.165, 1.54) is 0 Å². The maximum Gasteiger partial charge on any atom is 0.174 e. The molecule has 0 unspecified atom stereocenters. The van der Waals surface area contributed by atoms with E-state index in [4.69, 9.17) is 9.47 Å². The Morgan fingerprint density at radius 2 is 1.56 bits per heavy atom. The summed E-state index contributed by atoms with van der Waals surface area (Å²) in [6.45, 7) is 4.47. The Labute approximate surface area is 104 Å². The Hall–Kier alpha value is -1.27. The number of anilines is 1. The minimum atomic E-state index is -0.987. The fraction of sp³-hybridized carbons (Fsp3) is 0.500. The highest BCUT2D eigenvalue weighted by Crippen LogP contribution is 2.20. The predicted octanol–water partition coefficient (Wildman–Crippen LogP) is 2.91. The van der Waals surface area contributed by atoms with Crippen LogP contribution >= 0.6 is 0 Å². The van der Waals surface area contributed by atoms with Crippen LogP contribution in [0.1, 0.15) is 13.8 Å². The van der Waals surface area contributed by atoms with Crippen LogP contribution in [-0.2, 0) is 9.47 Å². The summed E-state index contributed by atoms with van der Waals surface area (Å²) in [7, 11) is 0. The number of benzene rings is 1. The molecule has 0 aliphatic carbocycles. The smallest absolute Gasteiger partial charge is 0.174 e. The largest absolute Gasteiger partial charge is 0.375 e. The first-order chi connectivity index (χ1) is 8.58. The lowest BCUT2D eigenvalue weighted by atomic mass is 10.2. The summed E-state index contributed by atoms with van der Waals surface area (Å²) in [5, 5.41) is 2.51. The van der Waals surface area contributed by atoms with Crippen molar-refractivity contribution in [1.29, 1.82) is 0 Å². The minimum absolute atomic E-state index is 0.0706. The predicted molar refractivity (Wildman–Crippen MR) is 61.8 cm³/mol. The monoisotopic (exact) mass is 263 g/mol. The van der Waals surface area contributed by atoms with Gasteiger partial charge in [-0.05, 0) is 13.8 Å². The number of nitrogens with one attached hydrogen (secondary N) is 1. The topological polar surface area (TPSA) is 30.5 Å². The van der Waals surface area contributed by atoms with Crippen molar-refractivity contribution in [1.82, 2.24) is 0 Å². The molecular formula is C12H16F3NO2. The molecule has 0 atom stereocenters. The van der Waals surface area contributed by atoms with Crippen molar-refractivity contribution in [2.75, 3.05) is 25.1 Å². The first kappa shape index (κ1) is 14.8. The van der Waals surface area contributed by atoms with Gasteiger partial charge < -0.3 is 14.8 Å². The Morgan fingerprint density at radius 1 is 1.06 bits per heavy atom. The highest BCUT2D eigenvalue weighted by atomic mass is 19.1. The third-order valence-electron chi connectivity index (χ3n) is 2.16. The highest BCUT2D eigenvalue weighted by molar-refractivity contribution is 5.46. The summed E-state index contributed by atoms with van der Waals surface area (Å²) in [4.78, 5) is 0. The summed E-state index contributed by atoms with van der Waals surface area (Å²) in [5.41, 5.74) is -0.388. The van der Waals surface area contributed by atoms with E-state index in [1.807, 2.05) is 0 Å². The van der Waals surface area contributed by atoms with Gasteiger partial charge in [-0.25, -0.2) is 13.2 Å². The van der Waals surface area contributed by atoms with E-state index >= 15 is 0 Å². The van der Waals surface area contributed by atoms with E-state index in [-0.39, 0.29) is 12.2 Å². The molecule has 0 saturated carbocycles. The highest BCUT2D eigenvalue weighted by Gasteiger charge is 2.14. The Bertz CT molecular complexity index is 359. The van der Waals surface area contributed by atoms with E-state index < -0.39 is 23.7 Å². The van der Waals surface area contributed by atoms with Crippen molar-refractivity contribution in [3.05, 3.63) is 29.6 Å². The van der Waals surface area contributed by atoms with Gasteiger partial charge in [0.1, 0.15) is 11.5 Å². The molecule has 0 aliphatic rings. The number of rotatable bonds is 7. The molecule has 102 valence electrons. The molecule has 0 heterocycles. The van der Waals surface area contributed by atoms with Gasteiger partial charge in [-0.3, -0.25) is 0 Å². The minimum Gasteiger partial charge on any atom is -0.375 e. The number of halogens is 3. The standard InChI is InChI=1S/C12H16F3NO2/c1-3-17-11(18-4-2)7-16-12-9(14)5-8(13)6-10(12)15/h5-6,11,16H,3-4,7H2,1-2H3. The molecule has 0 amide bonds. The molecule has 18 heavy (non-hydrogen) atoms. The molecule has 0 aromatic heterocycles. The van der Waals surface area contributed by atoms with Crippen LogP contribution in [0.2, 0.25) is 0 Å². The molecule has 1 aromatic rings. The summed E-state index contributed by atoms with van der Waals surface area (Å²) in [5.74, 6) is -2.93. The van der Waals surface area contributed by atoms with Crippen molar-refractivity contribution in [2.24, 2.45) is 0 Å². The van der Waals surface area contributed by atoms with Gasteiger partial charge in [0.2, 0.25) is 0 Å². The maximum atomic E-state index is 13.3. The van der Waals surface area contributed by atoms with Crippen LogP contribution in [0.25, 0.3) is 0 Å². The second-order valence-electron chi connectivity index (χ2n) is 3.47. The first-order valence-corrected chi connectivity index (χ1v) is 5.70. The van der Waals surface area contributed by atoms with Gasteiger partial charge in [0, 0.05) is 25.3 Å². The normalized spacial score (nSPS) is 11.0. The van der Waals surface area contributed by atoms with Gasteiger partial charge >= 0.3 is 0 Å². The molecule has 0 aliphatic heterocycles. The van der Waals surface area contributed by atoms with Crippen LogP contribution in [0, 0.1) is 17.5 Å². The third kappa shape index (κ3) is 4.19. The van der Waals surface area contributed by atoms with E-state index in [0.29, 0.717) is 25.3 Å². The van der Waals surface area contributed by atoms with Crippen LogP contribution in [0.4, 0.5) is 18.9 Å². The zero-order chi connectivity index (χ0) is 13.5. The molecule has 0 bridgehead atoms.